The fraction of sp³-hybridized carbons (Fsp3) is 0.909. The standard InChI is InChI=1S/C11H21N3O/c1-8-4-5-12-6-9(8)7-13-11(15)14-10-2-3-10/h8-10,12H,2-7H2,1H3,(H2,13,14,15). The number of piperidine rings is 1. The number of nitrogens with one attached hydrogen (secondary N) is 3. The molecule has 2 aliphatic rings. The molecule has 2 atom stereocenters. The van der Waals surface area contributed by atoms with Crippen LogP contribution >= 0.6 is 0 Å². The van der Waals surface area contributed by atoms with Crippen LogP contribution in [0.4, 0.5) is 4.79 Å². The van der Waals surface area contributed by atoms with Gasteiger partial charge in [-0.25, -0.2) is 4.79 Å². The van der Waals surface area contributed by atoms with Gasteiger partial charge >= 0.3 is 6.03 Å². The Morgan fingerprint density at radius 3 is 2.87 bits per heavy atom. The number of hydrogen-bond acceptors (Lipinski definition) is 2. The van der Waals surface area contributed by atoms with Gasteiger partial charge in [-0.15, -0.1) is 0 Å². The van der Waals surface area contributed by atoms with Gasteiger partial charge in [0.2, 0.25) is 0 Å². The first kappa shape index (κ1) is 10.7. The summed E-state index contributed by atoms with van der Waals surface area (Å²) < 4.78 is 0. The molecule has 2 amide bonds. The molecule has 2 fully saturated rings. The van der Waals surface area contributed by atoms with E-state index in [0.29, 0.717) is 17.9 Å². The van der Waals surface area contributed by atoms with Gasteiger partial charge in [-0.05, 0) is 44.2 Å². The summed E-state index contributed by atoms with van der Waals surface area (Å²) in [6, 6.07) is 0.460. The lowest BCUT2D eigenvalue weighted by Crippen LogP contribution is -2.45. The molecular weight excluding hydrogens is 190 g/mol. The molecule has 2 unspecified atom stereocenters. The Bertz CT molecular complexity index is 228. The van der Waals surface area contributed by atoms with Crippen molar-refractivity contribution in [1.82, 2.24) is 16.0 Å². The van der Waals surface area contributed by atoms with E-state index < -0.39 is 0 Å². The number of amides is 2. The zero-order chi connectivity index (χ0) is 10.7. The molecule has 0 bridgehead atoms. The Morgan fingerprint density at radius 1 is 1.40 bits per heavy atom. The zero-order valence-corrected chi connectivity index (χ0v) is 9.38. The van der Waals surface area contributed by atoms with Gasteiger partial charge < -0.3 is 16.0 Å². The second-order valence-corrected chi connectivity index (χ2v) is 4.86. The highest BCUT2D eigenvalue weighted by atomic mass is 16.2. The maximum atomic E-state index is 11.4. The molecule has 4 heteroatoms. The van der Waals surface area contributed by atoms with Gasteiger partial charge in [0.25, 0.3) is 0 Å². The summed E-state index contributed by atoms with van der Waals surface area (Å²) in [6.07, 6.45) is 3.51. The average molecular weight is 211 g/mol. The molecule has 1 saturated carbocycles. The summed E-state index contributed by atoms with van der Waals surface area (Å²) in [4.78, 5) is 11.4. The topological polar surface area (TPSA) is 53.2 Å². The summed E-state index contributed by atoms with van der Waals surface area (Å²) in [7, 11) is 0. The third kappa shape index (κ3) is 3.38. The molecular formula is C11H21N3O. The minimum atomic E-state index is 0.00951. The predicted molar refractivity (Wildman–Crippen MR) is 59.7 cm³/mol. The van der Waals surface area contributed by atoms with Crippen LogP contribution in [0.1, 0.15) is 26.2 Å². The lowest BCUT2D eigenvalue weighted by atomic mass is 9.88. The van der Waals surface area contributed by atoms with E-state index in [4.69, 9.17) is 0 Å². The van der Waals surface area contributed by atoms with Crippen molar-refractivity contribution < 1.29 is 4.79 Å². The van der Waals surface area contributed by atoms with Crippen molar-refractivity contribution in [2.75, 3.05) is 19.6 Å². The van der Waals surface area contributed by atoms with Crippen molar-refractivity contribution in [3.8, 4) is 0 Å². The SMILES string of the molecule is CC1CCNCC1CNC(=O)NC1CC1. The quantitative estimate of drug-likeness (QED) is 0.643. The smallest absolute Gasteiger partial charge is 0.315 e. The van der Waals surface area contributed by atoms with Crippen LogP contribution in [0.25, 0.3) is 0 Å². The zero-order valence-electron chi connectivity index (χ0n) is 9.38. The van der Waals surface area contributed by atoms with Crippen molar-refractivity contribution in [3.63, 3.8) is 0 Å². The molecule has 0 radical (unpaired) electrons. The molecule has 0 aromatic rings. The molecule has 1 aliphatic heterocycles. The van der Waals surface area contributed by atoms with Crippen LogP contribution in [0.15, 0.2) is 0 Å². The second-order valence-electron chi connectivity index (χ2n) is 4.86. The van der Waals surface area contributed by atoms with Crippen LogP contribution in [0.2, 0.25) is 0 Å². The van der Waals surface area contributed by atoms with Crippen LogP contribution in [0.3, 0.4) is 0 Å². The number of rotatable bonds is 3. The molecule has 4 nitrogen and oxygen atoms in total. The monoisotopic (exact) mass is 211 g/mol. The van der Waals surface area contributed by atoms with E-state index >= 15 is 0 Å². The Balaban J connectivity index is 1.64. The van der Waals surface area contributed by atoms with Gasteiger partial charge in [0.05, 0.1) is 0 Å². The molecule has 3 N–H and O–H groups in total. The highest BCUT2D eigenvalue weighted by Gasteiger charge is 2.25. The van der Waals surface area contributed by atoms with Crippen LogP contribution in [0.5, 0.6) is 0 Å². The van der Waals surface area contributed by atoms with Crippen molar-refractivity contribution >= 4 is 6.03 Å². The second kappa shape index (κ2) is 4.84. The number of hydrogen-bond donors (Lipinski definition) is 3. The maximum absolute atomic E-state index is 11.4. The predicted octanol–water partition coefficient (Wildman–Crippen LogP) is 0.694. The maximum Gasteiger partial charge on any atom is 0.315 e. The van der Waals surface area contributed by atoms with Crippen molar-refractivity contribution in [2.45, 2.75) is 32.2 Å². The molecule has 1 heterocycles. The Morgan fingerprint density at radius 2 is 2.20 bits per heavy atom. The molecule has 0 spiro atoms. The molecule has 0 aromatic carbocycles. The first-order chi connectivity index (χ1) is 7.25. The Kier molecular flexibility index (Phi) is 3.46. The minimum absolute atomic E-state index is 0.00951. The van der Waals surface area contributed by atoms with Crippen LogP contribution < -0.4 is 16.0 Å². The van der Waals surface area contributed by atoms with Gasteiger partial charge in [-0.2, -0.15) is 0 Å². The van der Waals surface area contributed by atoms with E-state index in [0.717, 1.165) is 32.5 Å². The van der Waals surface area contributed by atoms with Crippen molar-refractivity contribution in [3.05, 3.63) is 0 Å². The largest absolute Gasteiger partial charge is 0.338 e. The van der Waals surface area contributed by atoms with E-state index in [9.17, 15) is 4.79 Å². The normalized spacial score (nSPS) is 31.0. The van der Waals surface area contributed by atoms with E-state index in [2.05, 4.69) is 22.9 Å². The highest BCUT2D eigenvalue weighted by Crippen LogP contribution is 2.19. The Hall–Kier alpha value is -0.770. The van der Waals surface area contributed by atoms with Crippen LogP contribution in [-0.4, -0.2) is 31.7 Å². The third-order valence-electron chi connectivity index (χ3n) is 3.43. The fourth-order valence-electron chi connectivity index (χ4n) is 2.02. The summed E-state index contributed by atoms with van der Waals surface area (Å²) >= 11 is 0. The first-order valence-corrected chi connectivity index (χ1v) is 6.01. The summed E-state index contributed by atoms with van der Waals surface area (Å²) in [5, 5.41) is 9.27. The number of urea groups is 1. The molecule has 2 rings (SSSR count). The van der Waals surface area contributed by atoms with Crippen LogP contribution in [0, 0.1) is 11.8 Å². The van der Waals surface area contributed by atoms with Gasteiger partial charge in [-0.3, -0.25) is 0 Å². The van der Waals surface area contributed by atoms with E-state index in [1.54, 1.807) is 0 Å². The lowest BCUT2D eigenvalue weighted by Gasteiger charge is -2.29. The van der Waals surface area contributed by atoms with Crippen LogP contribution in [-0.2, 0) is 0 Å². The van der Waals surface area contributed by atoms with Gasteiger partial charge in [-0.1, -0.05) is 6.92 Å². The van der Waals surface area contributed by atoms with Crippen molar-refractivity contribution in [2.24, 2.45) is 11.8 Å². The minimum Gasteiger partial charge on any atom is -0.338 e. The van der Waals surface area contributed by atoms with E-state index in [-0.39, 0.29) is 6.03 Å². The van der Waals surface area contributed by atoms with Gasteiger partial charge in [0.15, 0.2) is 0 Å². The average Bonchev–Trinajstić information content (AvgIpc) is 3.00. The highest BCUT2D eigenvalue weighted by molar-refractivity contribution is 5.74. The fourth-order valence-corrected chi connectivity index (χ4v) is 2.02. The first-order valence-electron chi connectivity index (χ1n) is 6.01. The molecule has 15 heavy (non-hydrogen) atoms. The van der Waals surface area contributed by atoms with Gasteiger partial charge in [0.1, 0.15) is 0 Å². The third-order valence-corrected chi connectivity index (χ3v) is 3.43. The van der Waals surface area contributed by atoms with E-state index in [1.165, 1.54) is 6.42 Å². The van der Waals surface area contributed by atoms with Crippen molar-refractivity contribution in [1.29, 1.82) is 0 Å². The summed E-state index contributed by atoms with van der Waals surface area (Å²) in [5.74, 6) is 1.30. The molecule has 0 aromatic heterocycles. The lowest BCUT2D eigenvalue weighted by molar-refractivity contribution is 0.228. The van der Waals surface area contributed by atoms with E-state index in [1.807, 2.05) is 0 Å². The number of carbonyl (C=O) groups is 1. The number of carbonyl (C=O) groups excluding carboxylic acids is 1. The summed E-state index contributed by atoms with van der Waals surface area (Å²) in [6.45, 7) is 5.22. The summed E-state index contributed by atoms with van der Waals surface area (Å²) in [5.41, 5.74) is 0. The molecule has 1 saturated heterocycles. The molecule has 86 valence electrons. The van der Waals surface area contributed by atoms with Gasteiger partial charge in [0, 0.05) is 12.6 Å². The Labute approximate surface area is 91.2 Å². The molecule has 1 aliphatic carbocycles.